The standard InChI is InChI=1S/C16H22F2N6/c1-22-8-12(15(21-22)16(17)18)9-24-7-3-4-13(10-24)23(2)14-5-6-19-11-20-14/h5-6,8,11,13,16H,3-4,7,9-10H2,1-2H3. The molecular weight excluding hydrogens is 314 g/mol. The predicted molar refractivity (Wildman–Crippen MR) is 86.9 cm³/mol. The summed E-state index contributed by atoms with van der Waals surface area (Å²) in [6.07, 6.45) is 4.52. The molecule has 3 rings (SSSR count). The van der Waals surface area contributed by atoms with E-state index in [0.29, 0.717) is 18.2 Å². The summed E-state index contributed by atoms with van der Waals surface area (Å²) in [7, 11) is 3.70. The van der Waals surface area contributed by atoms with Gasteiger partial charge in [-0.2, -0.15) is 5.10 Å². The van der Waals surface area contributed by atoms with Crippen LogP contribution >= 0.6 is 0 Å². The molecule has 1 atom stereocenters. The summed E-state index contributed by atoms with van der Waals surface area (Å²) in [5, 5.41) is 3.89. The molecule has 0 radical (unpaired) electrons. The largest absolute Gasteiger partial charge is 0.355 e. The molecule has 1 fully saturated rings. The number of aromatic nitrogens is 4. The maximum Gasteiger partial charge on any atom is 0.282 e. The zero-order valence-corrected chi connectivity index (χ0v) is 13.9. The monoisotopic (exact) mass is 336 g/mol. The van der Waals surface area contributed by atoms with Gasteiger partial charge in [0.15, 0.2) is 0 Å². The van der Waals surface area contributed by atoms with Crippen molar-refractivity contribution < 1.29 is 8.78 Å². The molecule has 0 amide bonds. The minimum absolute atomic E-state index is 0.108. The van der Waals surface area contributed by atoms with E-state index in [4.69, 9.17) is 0 Å². The average Bonchev–Trinajstić information content (AvgIpc) is 2.96. The number of aryl methyl sites for hydroxylation is 1. The first-order valence-corrected chi connectivity index (χ1v) is 8.06. The molecule has 6 nitrogen and oxygen atoms in total. The Morgan fingerprint density at radius 1 is 1.42 bits per heavy atom. The van der Waals surface area contributed by atoms with Crippen molar-refractivity contribution in [3.05, 3.63) is 36.0 Å². The Morgan fingerprint density at radius 2 is 2.25 bits per heavy atom. The summed E-state index contributed by atoms with van der Waals surface area (Å²) in [6.45, 7) is 2.23. The van der Waals surface area contributed by atoms with Gasteiger partial charge in [-0.05, 0) is 25.5 Å². The molecule has 1 saturated heterocycles. The third-order valence-corrected chi connectivity index (χ3v) is 4.49. The number of piperidine rings is 1. The van der Waals surface area contributed by atoms with Crippen molar-refractivity contribution in [1.82, 2.24) is 24.6 Å². The lowest BCUT2D eigenvalue weighted by molar-refractivity contribution is 0.140. The summed E-state index contributed by atoms with van der Waals surface area (Å²) in [4.78, 5) is 12.6. The van der Waals surface area contributed by atoms with E-state index in [9.17, 15) is 8.78 Å². The minimum Gasteiger partial charge on any atom is -0.355 e. The first-order valence-electron chi connectivity index (χ1n) is 8.06. The highest BCUT2D eigenvalue weighted by Gasteiger charge is 2.26. The smallest absolute Gasteiger partial charge is 0.282 e. The van der Waals surface area contributed by atoms with Crippen molar-refractivity contribution in [1.29, 1.82) is 0 Å². The molecule has 0 spiro atoms. The van der Waals surface area contributed by atoms with Crippen LogP contribution in [0.4, 0.5) is 14.6 Å². The van der Waals surface area contributed by atoms with Crippen LogP contribution in [-0.2, 0) is 13.6 Å². The Balaban J connectivity index is 1.68. The van der Waals surface area contributed by atoms with Gasteiger partial charge < -0.3 is 4.90 Å². The highest BCUT2D eigenvalue weighted by atomic mass is 19.3. The van der Waals surface area contributed by atoms with E-state index < -0.39 is 6.43 Å². The van der Waals surface area contributed by atoms with E-state index in [1.165, 1.54) is 11.0 Å². The van der Waals surface area contributed by atoms with E-state index in [0.717, 1.165) is 31.7 Å². The van der Waals surface area contributed by atoms with E-state index in [-0.39, 0.29) is 5.69 Å². The van der Waals surface area contributed by atoms with Crippen molar-refractivity contribution in [2.75, 3.05) is 25.0 Å². The van der Waals surface area contributed by atoms with Gasteiger partial charge in [0.1, 0.15) is 17.8 Å². The molecule has 2 aromatic heterocycles. The van der Waals surface area contributed by atoms with Gasteiger partial charge in [-0.25, -0.2) is 18.7 Å². The van der Waals surface area contributed by atoms with Crippen molar-refractivity contribution >= 4 is 5.82 Å². The molecular formula is C16H22F2N6. The Labute approximate surface area is 140 Å². The van der Waals surface area contributed by atoms with Gasteiger partial charge in [-0.1, -0.05) is 0 Å². The average molecular weight is 336 g/mol. The second-order valence-corrected chi connectivity index (χ2v) is 6.22. The maximum absolute atomic E-state index is 13.1. The molecule has 0 saturated carbocycles. The third-order valence-electron chi connectivity index (χ3n) is 4.49. The number of alkyl halides is 2. The van der Waals surface area contributed by atoms with Crippen LogP contribution in [0.3, 0.4) is 0 Å². The summed E-state index contributed by atoms with van der Waals surface area (Å²) in [5.41, 5.74) is 0.501. The van der Waals surface area contributed by atoms with Crippen LogP contribution in [0, 0.1) is 0 Å². The van der Waals surface area contributed by atoms with Crippen molar-refractivity contribution in [2.24, 2.45) is 7.05 Å². The number of nitrogens with zero attached hydrogens (tertiary/aromatic N) is 6. The van der Waals surface area contributed by atoms with Crippen molar-refractivity contribution in [2.45, 2.75) is 31.9 Å². The molecule has 24 heavy (non-hydrogen) atoms. The number of anilines is 1. The summed E-state index contributed by atoms with van der Waals surface area (Å²) in [5.74, 6) is 0.881. The molecule has 0 aliphatic carbocycles. The quantitative estimate of drug-likeness (QED) is 0.838. The predicted octanol–water partition coefficient (Wildman–Crippen LogP) is 2.25. The minimum atomic E-state index is -2.54. The molecule has 0 bridgehead atoms. The van der Waals surface area contributed by atoms with Crippen LogP contribution in [0.2, 0.25) is 0 Å². The number of hydrogen-bond donors (Lipinski definition) is 0. The van der Waals surface area contributed by atoms with E-state index >= 15 is 0 Å². The normalized spacial score (nSPS) is 19.0. The number of hydrogen-bond acceptors (Lipinski definition) is 5. The Bertz CT molecular complexity index is 660. The van der Waals surface area contributed by atoms with Crippen molar-refractivity contribution in [3.63, 3.8) is 0 Å². The molecule has 0 N–H and O–H groups in total. The molecule has 8 heteroatoms. The van der Waals surface area contributed by atoms with Crippen LogP contribution < -0.4 is 4.90 Å². The summed E-state index contributed by atoms with van der Waals surface area (Å²) >= 11 is 0. The Hall–Kier alpha value is -2.09. The number of likely N-dealkylation sites (tertiary alicyclic amines) is 1. The van der Waals surface area contributed by atoms with Crippen molar-refractivity contribution in [3.8, 4) is 0 Å². The van der Waals surface area contributed by atoms with Gasteiger partial charge in [0.2, 0.25) is 0 Å². The van der Waals surface area contributed by atoms with Gasteiger partial charge in [0.05, 0.1) is 0 Å². The molecule has 1 unspecified atom stereocenters. The summed E-state index contributed by atoms with van der Waals surface area (Å²) < 4.78 is 27.7. The fraction of sp³-hybridized carbons (Fsp3) is 0.562. The zero-order valence-electron chi connectivity index (χ0n) is 13.9. The second kappa shape index (κ2) is 7.21. The summed E-state index contributed by atoms with van der Waals surface area (Å²) in [6, 6.07) is 2.19. The van der Waals surface area contributed by atoms with Crippen LogP contribution in [0.5, 0.6) is 0 Å². The molecule has 1 aliphatic heterocycles. The Kier molecular flexibility index (Phi) is 5.03. The van der Waals surface area contributed by atoms with Gasteiger partial charge in [0.25, 0.3) is 6.43 Å². The fourth-order valence-electron chi connectivity index (χ4n) is 3.27. The fourth-order valence-corrected chi connectivity index (χ4v) is 3.27. The second-order valence-electron chi connectivity index (χ2n) is 6.22. The Morgan fingerprint density at radius 3 is 2.96 bits per heavy atom. The number of halogens is 2. The SMILES string of the molecule is CN(c1ccncn1)C1CCCN(Cc2cn(C)nc2C(F)F)C1. The highest BCUT2D eigenvalue weighted by molar-refractivity contribution is 5.37. The molecule has 1 aliphatic rings. The number of likely N-dealkylation sites (N-methyl/N-ethyl adjacent to an activating group) is 1. The van der Waals surface area contributed by atoms with Crippen LogP contribution in [0.15, 0.2) is 24.8 Å². The first kappa shape index (κ1) is 16.8. The van der Waals surface area contributed by atoms with E-state index in [1.807, 2.05) is 13.1 Å². The molecule has 3 heterocycles. The van der Waals surface area contributed by atoms with Gasteiger partial charge in [-0.15, -0.1) is 0 Å². The van der Waals surface area contributed by atoms with Crippen LogP contribution in [-0.4, -0.2) is 50.8 Å². The first-order chi connectivity index (χ1) is 11.5. The van der Waals surface area contributed by atoms with E-state index in [2.05, 4.69) is 24.9 Å². The zero-order chi connectivity index (χ0) is 17.1. The molecule has 0 aromatic carbocycles. The molecule has 2 aromatic rings. The van der Waals surface area contributed by atoms with Crippen LogP contribution in [0.25, 0.3) is 0 Å². The lowest BCUT2D eigenvalue weighted by Gasteiger charge is -2.38. The lowest BCUT2D eigenvalue weighted by atomic mass is 10.0. The molecule has 130 valence electrons. The third kappa shape index (κ3) is 3.69. The van der Waals surface area contributed by atoms with Gasteiger partial charge >= 0.3 is 0 Å². The van der Waals surface area contributed by atoms with E-state index in [1.54, 1.807) is 19.4 Å². The highest BCUT2D eigenvalue weighted by Crippen LogP contribution is 2.25. The maximum atomic E-state index is 13.1. The van der Waals surface area contributed by atoms with Gasteiger partial charge in [0, 0.05) is 51.2 Å². The lowest BCUT2D eigenvalue weighted by Crippen LogP contribution is -2.46. The number of rotatable bonds is 5. The van der Waals surface area contributed by atoms with Crippen LogP contribution in [0.1, 0.15) is 30.5 Å². The topological polar surface area (TPSA) is 50.1 Å². The van der Waals surface area contributed by atoms with Gasteiger partial charge in [-0.3, -0.25) is 9.58 Å².